The maximum Gasteiger partial charge on any atom is 0.337 e. The second-order valence-electron chi connectivity index (χ2n) is 5.78. The van der Waals surface area contributed by atoms with Gasteiger partial charge in [-0.3, -0.25) is 0 Å². The van der Waals surface area contributed by atoms with E-state index in [-0.39, 0.29) is 5.97 Å². The minimum atomic E-state index is -1.02. The summed E-state index contributed by atoms with van der Waals surface area (Å²) in [4.78, 5) is 11.5. The smallest absolute Gasteiger partial charge is 0.337 e. The van der Waals surface area contributed by atoms with Gasteiger partial charge >= 0.3 is 5.97 Å². The Balaban J connectivity index is 3.99. The van der Waals surface area contributed by atoms with Crippen LogP contribution in [0.15, 0.2) is 12.2 Å². The van der Waals surface area contributed by atoms with E-state index in [1.165, 1.54) is 0 Å². The van der Waals surface area contributed by atoms with Crippen molar-refractivity contribution in [3.63, 3.8) is 0 Å². The van der Waals surface area contributed by atoms with Crippen LogP contribution in [0.3, 0.4) is 0 Å². The molecule has 100 valence electrons. The molecule has 0 aromatic carbocycles. The maximum absolute atomic E-state index is 11.5. The summed E-state index contributed by atoms with van der Waals surface area (Å²) in [6, 6.07) is 1.14. The first kappa shape index (κ1) is 16.4. The van der Waals surface area contributed by atoms with Gasteiger partial charge in [-0.1, -0.05) is 31.8 Å². The summed E-state index contributed by atoms with van der Waals surface area (Å²) < 4.78 is 10.4. The van der Waals surface area contributed by atoms with E-state index in [4.69, 9.17) is 9.47 Å². The standard InChI is InChI=1S/C13H26O3Si/c1-7-15-12(14)13(2,3)16-10-8-9-11-17(4,5)6/h8-9H,7,10-11H2,1-6H3/b9-8-. The molecule has 0 saturated heterocycles. The van der Waals surface area contributed by atoms with Crippen LogP contribution in [0.25, 0.3) is 0 Å². The highest BCUT2D eigenvalue weighted by molar-refractivity contribution is 6.76. The van der Waals surface area contributed by atoms with Crippen LogP contribution in [0.5, 0.6) is 0 Å². The molecule has 0 fully saturated rings. The fraction of sp³-hybridized carbons (Fsp3) is 0.769. The largest absolute Gasteiger partial charge is 0.464 e. The van der Waals surface area contributed by atoms with Crippen molar-refractivity contribution >= 4 is 14.0 Å². The van der Waals surface area contributed by atoms with Gasteiger partial charge in [0.05, 0.1) is 13.2 Å². The number of hydrogen-bond donors (Lipinski definition) is 0. The van der Waals surface area contributed by atoms with Crippen molar-refractivity contribution in [1.82, 2.24) is 0 Å². The van der Waals surface area contributed by atoms with Crippen LogP contribution in [0, 0.1) is 0 Å². The van der Waals surface area contributed by atoms with Crippen LogP contribution in [0.2, 0.25) is 25.7 Å². The van der Waals surface area contributed by atoms with Gasteiger partial charge in [-0.15, -0.1) is 0 Å². The van der Waals surface area contributed by atoms with Crippen molar-refractivity contribution in [3.8, 4) is 0 Å². The average molecular weight is 258 g/mol. The molecule has 0 aliphatic rings. The number of rotatable bonds is 7. The lowest BCUT2D eigenvalue weighted by atomic mass is 10.1. The Labute approximate surface area is 106 Å². The Bertz CT molecular complexity index is 264. The van der Waals surface area contributed by atoms with E-state index in [0.29, 0.717) is 13.2 Å². The Morgan fingerprint density at radius 1 is 1.24 bits per heavy atom. The minimum Gasteiger partial charge on any atom is -0.464 e. The summed E-state index contributed by atoms with van der Waals surface area (Å²) in [6.45, 7) is 13.1. The fourth-order valence-electron chi connectivity index (χ4n) is 1.13. The number of esters is 1. The Morgan fingerprint density at radius 3 is 2.29 bits per heavy atom. The lowest BCUT2D eigenvalue weighted by Crippen LogP contribution is -2.36. The monoisotopic (exact) mass is 258 g/mol. The number of allylic oxidation sites excluding steroid dienone is 1. The Morgan fingerprint density at radius 2 is 1.82 bits per heavy atom. The highest BCUT2D eigenvalue weighted by atomic mass is 28.3. The van der Waals surface area contributed by atoms with Gasteiger partial charge in [-0.25, -0.2) is 4.79 Å². The fourth-order valence-corrected chi connectivity index (χ4v) is 2.00. The molecule has 0 aliphatic carbocycles. The summed E-state index contributed by atoms with van der Waals surface area (Å²) in [7, 11) is -1.02. The van der Waals surface area contributed by atoms with E-state index in [9.17, 15) is 4.79 Å². The lowest BCUT2D eigenvalue weighted by molar-refractivity contribution is -0.166. The van der Waals surface area contributed by atoms with Gasteiger partial charge < -0.3 is 9.47 Å². The van der Waals surface area contributed by atoms with Crippen molar-refractivity contribution in [2.24, 2.45) is 0 Å². The zero-order valence-corrected chi connectivity index (χ0v) is 13.0. The summed E-state index contributed by atoms with van der Waals surface area (Å²) in [5.74, 6) is -0.307. The second-order valence-corrected chi connectivity index (χ2v) is 11.3. The second kappa shape index (κ2) is 6.96. The first-order valence-corrected chi connectivity index (χ1v) is 9.86. The molecule has 0 rings (SSSR count). The molecule has 0 atom stereocenters. The predicted molar refractivity (Wildman–Crippen MR) is 74.0 cm³/mol. The Hall–Kier alpha value is -0.613. The van der Waals surface area contributed by atoms with Crippen molar-refractivity contribution in [3.05, 3.63) is 12.2 Å². The highest BCUT2D eigenvalue weighted by Gasteiger charge is 2.29. The normalized spacial score (nSPS) is 13.1. The van der Waals surface area contributed by atoms with Gasteiger partial charge in [0, 0.05) is 8.07 Å². The predicted octanol–water partition coefficient (Wildman–Crippen LogP) is 3.24. The van der Waals surface area contributed by atoms with Crippen LogP contribution in [0.4, 0.5) is 0 Å². The first-order chi connectivity index (χ1) is 7.69. The minimum absolute atomic E-state index is 0.307. The molecule has 3 nitrogen and oxygen atoms in total. The van der Waals surface area contributed by atoms with E-state index in [1.807, 2.05) is 6.08 Å². The van der Waals surface area contributed by atoms with E-state index < -0.39 is 13.7 Å². The summed E-state index contributed by atoms with van der Waals surface area (Å²) >= 11 is 0. The summed E-state index contributed by atoms with van der Waals surface area (Å²) in [5, 5.41) is 0. The van der Waals surface area contributed by atoms with Gasteiger partial charge in [-0.2, -0.15) is 0 Å². The number of hydrogen-bond acceptors (Lipinski definition) is 3. The molecular formula is C13H26O3Si. The van der Waals surface area contributed by atoms with Crippen LogP contribution in [-0.2, 0) is 14.3 Å². The zero-order valence-electron chi connectivity index (χ0n) is 12.0. The highest BCUT2D eigenvalue weighted by Crippen LogP contribution is 2.12. The first-order valence-electron chi connectivity index (χ1n) is 6.15. The quantitative estimate of drug-likeness (QED) is 0.399. The third kappa shape index (κ3) is 8.16. The zero-order chi connectivity index (χ0) is 13.5. The molecular weight excluding hydrogens is 232 g/mol. The van der Waals surface area contributed by atoms with Crippen LogP contribution < -0.4 is 0 Å². The number of carbonyl (C=O) groups excluding carboxylic acids is 1. The maximum atomic E-state index is 11.5. The van der Waals surface area contributed by atoms with Crippen LogP contribution in [-0.4, -0.2) is 32.9 Å². The third-order valence-electron chi connectivity index (χ3n) is 2.20. The van der Waals surface area contributed by atoms with Crippen molar-refractivity contribution < 1.29 is 14.3 Å². The molecule has 0 aliphatic heterocycles. The molecule has 0 aromatic heterocycles. The third-order valence-corrected chi connectivity index (χ3v) is 3.66. The molecule has 0 amide bonds. The van der Waals surface area contributed by atoms with Gasteiger partial charge in [0.15, 0.2) is 5.60 Å². The lowest BCUT2D eigenvalue weighted by Gasteiger charge is -2.22. The van der Waals surface area contributed by atoms with Gasteiger partial charge in [0.25, 0.3) is 0 Å². The molecule has 0 unspecified atom stereocenters. The molecule has 0 radical (unpaired) electrons. The SMILES string of the molecule is CCOC(=O)C(C)(C)OC/C=C\C[Si](C)(C)C. The van der Waals surface area contributed by atoms with E-state index >= 15 is 0 Å². The van der Waals surface area contributed by atoms with E-state index in [1.54, 1.807) is 20.8 Å². The van der Waals surface area contributed by atoms with Crippen molar-refractivity contribution in [2.75, 3.05) is 13.2 Å². The summed E-state index contributed by atoms with van der Waals surface area (Å²) in [5.41, 5.74) is -0.862. The topological polar surface area (TPSA) is 35.5 Å². The van der Waals surface area contributed by atoms with E-state index in [0.717, 1.165) is 6.04 Å². The van der Waals surface area contributed by atoms with Crippen LogP contribution >= 0.6 is 0 Å². The van der Waals surface area contributed by atoms with E-state index in [2.05, 4.69) is 25.7 Å². The summed E-state index contributed by atoms with van der Waals surface area (Å²) in [6.07, 6.45) is 4.13. The molecule has 0 bridgehead atoms. The molecule has 17 heavy (non-hydrogen) atoms. The average Bonchev–Trinajstić information content (AvgIpc) is 2.15. The van der Waals surface area contributed by atoms with Crippen molar-refractivity contribution in [1.29, 1.82) is 0 Å². The van der Waals surface area contributed by atoms with Crippen molar-refractivity contribution in [2.45, 2.75) is 52.1 Å². The van der Waals surface area contributed by atoms with Gasteiger partial charge in [-0.05, 0) is 26.8 Å². The molecule has 0 spiro atoms. The van der Waals surface area contributed by atoms with Gasteiger partial charge in [0.1, 0.15) is 0 Å². The van der Waals surface area contributed by atoms with Crippen LogP contribution in [0.1, 0.15) is 20.8 Å². The molecule has 4 heteroatoms. The Kier molecular flexibility index (Phi) is 6.71. The van der Waals surface area contributed by atoms with Gasteiger partial charge in [0.2, 0.25) is 0 Å². The number of carbonyl (C=O) groups is 1. The molecule has 0 saturated carbocycles. The molecule has 0 heterocycles. The molecule has 0 N–H and O–H groups in total. The number of ether oxygens (including phenoxy) is 2. The molecule has 0 aromatic rings.